The van der Waals surface area contributed by atoms with Gasteiger partial charge in [0.15, 0.2) is 6.61 Å². The first-order chi connectivity index (χ1) is 5.83. The Labute approximate surface area is 81.0 Å². The number of carbonyl (C=O) groups is 1. The number of ether oxygens (including phenoxy) is 1. The number of hydrogen-bond acceptors (Lipinski definition) is 2. The summed E-state index contributed by atoms with van der Waals surface area (Å²) in [6.45, 7) is 11.7. The van der Waals surface area contributed by atoms with Crippen molar-refractivity contribution in [3.05, 3.63) is 12.2 Å². The van der Waals surface area contributed by atoms with Gasteiger partial charge in [-0.3, -0.25) is 0 Å². The lowest BCUT2D eigenvalue weighted by Gasteiger charge is -2.03. The molecule has 0 saturated heterocycles. The van der Waals surface area contributed by atoms with E-state index < -0.39 is 8.07 Å². The van der Waals surface area contributed by atoms with E-state index in [1.54, 1.807) is 6.92 Å². The minimum atomic E-state index is -1.33. The van der Waals surface area contributed by atoms with Crippen molar-refractivity contribution in [2.24, 2.45) is 0 Å². The maximum absolute atomic E-state index is 10.9. The van der Waals surface area contributed by atoms with E-state index in [2.05, 4.69) is 37.7 Å². The molecule has 0 aromatic heterocycles. The third kappa shape index (κ3) is 7.35. The molecule has 0 heterocycles. The van der Waals surface area contributed by atoms with Crippen molar-refractivity contribution in [3.63, 3.8) is 0 Å². The van der Waals surface area contributed by atoms with Gasteiger partial charge in [-0.25, -0.2) is 4.79 Å². The first-order valence-electron chi connectivity index (χ1n) is 4.15. The van der Waals surface area contributed by atoms with Crippen LogP contribution in [-0.4, -0.2) is 20.7 Å². The van der Waals surface area contributed by atoms with Crippen molar-refractivity contribution in [2.45, 2.75) is 26.6 Å². The smallest absolute Gasteiger partial charge is 0.334 e. The van der Waals surface area contributed by atoms with Gasteiger partial charge in [-0.2, -0.15) is 0 Å². The van der Waals surface area contributed by atoms with Gasteiger partial charge in [0.2, 0.25) is 0 Å². The SMILES string of the molecule is C=C(C)C(=O)OCC#C[Si](C)(C)C. The van der Waals surface area contributed by atoms with Gasteiger partial charge in [0, 0.05) is 5.57 Å². The fraction of sp³-hybridized carbons (Fsp3) is 0.500. The first-order valence-corrected chi connectivity index (χ1v) is 7.65. The molecule has 0 amide bonds. The largest absolute Gasteiger partial charge is 0.449 e. The van der Waals surface area contributed by atoms with Crippen molar-refractivity contribution >= 4 is 14.0 Å². The molecule has 3 heteroatoms. The second-order valence-corrected chi connectivity index (χ2v) is 8.66. The van der Waals surface area contributed by atoms with Crippen LogP contribution in [0.25, 0.3) is 0 Å². The summed E-state index contributed by atoms with van der Waals surface area (Å²) in [6.07, 6.45) is 0. The Kier molecular flexibility index (Phi) is 4.50. The summed E-state index contributed by atoms with van der Waals surface area (Å²) in [4.78, 5) is 10.9. The Hall–Kier alpha value is -1.01. The summed E-state index contributed by atoms with van der Waals surface area (Å²) in [5.74, 6) is 2.47. The number of carbonyl (C=O) groups excluding carboxylic acids is 1. The molecular formula is C10H16O2Si. The lowest BCUT2D eigenvalue weighted by Crippen LogP contribution is -2.17. The van der Waals surface area contributed by atoms with Crippen LogP contribution in [0.15, 0.2) is 12.2 Å². The van der Waals surface area contributed by atoms with Crippen molar-refractivity contribution in [3.8, 4) is 11.5 Å². The van der Waals surface area contributed by atoms with E-state index in [1.807, 2.05) is 0 Å². The number of hydrogen-bond donors (Lipinski definition) is 0. The third-order valence-corrected chi connectivity index (χ3v) is 2.01. The molecule has 0 aliphatic heterocycles. The van der Waals surface area contributed by atoms with E-state index in [9.17, 15) is 4.79 Å². The second-order valence-electron chi connectivity index (χ2n) is 3.91. The quantitative estimate of drug-likeness (QED) is 0.292. The zero-order valence-corrected chi connectivity index (χ0v) is 9.73. The fourth-order valence-electron chi connectivity index (χ4n) is 0.526. The molecule has 0 N–H and O–H groups in total. The van der Waals surface area contributed by atoms with Crippen LogP contribution < -0.4 is 0 Å². The van der Waals surface area contributed by atoms with Crippen LogP contribution in [0.3, 0.4) is 0 Å². The molecule has 0 aliphatic carbocycles. The van der Waals surface area contributed by atoms with Gasteiger partial charge in [-0.05, 0) is 6.92 Å². The standard InChI is InChI=1S/C10H16O2Si/c1-9(2)10(11)12-7-6-8-13(3,4)5/h1,7H2,2-5H3. The second kappa shape index (κ2) is 4.88. The van der Waals surface area contributed by atoms with Gasteiger partial charge in [0.25, 0.3) is 0 Å². The predicted octanol–water partition coefficient (Wildman–Crippen LogP) is 1.99. The molecule has 0 radical (unpaired) electrons. The molecule has 0 bridgehead atoms. The van der Waals surface area contributed by atoms with Crippen molar-refractivity contribution in [1.82, 2.24) is 0 Å². The summed E-state index contributed by atoms with van der Waals surface area (Å²) in [5, 5.41) is 0. The van der Waals surface area contributed by atoms with Crippen LogP contribution in [0, 0.1) is 11.5 Å². The van der Waals surface area contributed by atoms with Gasteiger partial charge in [0.1, 0.15) is 8.07 Å². The molecule has 0 atom stereocenters. The van der Waals surface area contributed by atoms with E-state index >= 15 is 0 Å². The highest BCUT2D eigenvalue weighted by Crippen LogP contribution is 1.96. The van der Waals surface area contributed by atoms with Crippen molar-refractivity contribution < 1.29 is 9.53 Å². The van der Waals surface area contributed by atoms with Gasteiger partial charge in [-0.15, -0.1) is 5.54 Å². The minimum Gasteiger partial charge on any atom is -0.449 e. The topological polar surface area (TPSA) is 26.3 Å². The summed E-state index contributed by atoms with van der Waals surface area (Å²) < 4.78 is 4.81. The van der Waals surface area contributed by atoms with Crippen LogP contribution >= 0.6 is 0 Å². The van der Waals surface area contributed by atoms with E-state index in [0.29, 0.717) is 5.57 Å². The number of rotatable bonds is 2. The highest BCUT2D eigenvalue weighted by atomic mass is 28.3. The Balaban J connectivity index is 3.85. The molecule has 13 heavy (non-hydrogen) atoms. The van der Waals surface area contributed by atoms with E-state index in [0.717, 1.165) is 0 Å². The lowest BCUT2D eigenvalue weighted by atomic mass is 10.4. The van der Waals surface area contributed by atoms with Gasteiger partial charge in [0.05, 0.1) is 0 Å². The highest BCUT2D eigenvalue weighted by Gasteiger charge is 2.07. The summed E-state index contributed by atoms with van der Waals surface area (Å²) >= 11 is 0. The minimum absolute atomic E-state index is 0.177. The van der Waals surface area contributed by atoms with Crippen LogP contribution in [0.4, 0.5) is 0 Å². The fourth-order valence-corrected chi connectivity index (χ4v) is 1.13. The average molecular weight is 196 g/mol. The normalized spacial score (nSPS) is 9.85. The van der Waals surface area contributed by atoms with Crippen molar-refractivity contribution in [2.75, 3.05) is 6.61 Å². The molecule has 0 fully saturated rings. The Bertz CT molecular complexity index is 263. The van der Waals surface area contributed by atoms with Crippen LogP contribution in [0.5, 0.6) is 0 Å². The van der Waals surface area contributed by atoms with Gasteiger partial charge >= 0.3 is 5.97 Å². The average Bonchev–Trinajstić information content (AvgIpc) is 1.95. The molecule has 0 aromatic rings. The predicted molar refractivity (Wildman–Crippen MR) is 56.9 cm³/mol. The zero-order chi connectivity index (χ0) is 10.5. The zero-order valence-electron chi connectivity index (χ0n) is 8.73. The van der Waals surface area contributed by atoms with E-state index in [-0.39, 0.29) is 12.6 Å². The third-order valence-electron chi connectivity index (χ3n) is 1.09. The summed E-state index contributed by atoms with van der Waals surface area (Å²) in [6, 6.07) is 0. The summed E-state index contributed by atoms with van der Waals surface area (Å²) in [5.41, 5.74) is 3.51. The van der Waals surface area contributed by atoms with Crippen LogP contribution in [0.1, 0.15) is 6.92 Å². The lowest BCUT2D eigenvalue weighted by molar-refractivity contribution is -0.137. The van der Waals surface area contributed by atoms with E-state index in [1.165, 1.54) is 0 Å². The van der Waals surface area contributed by atoms with Crippen LogP contribution in [0.2, 0.25) is 19.6 Å². The molecule has 0 spiro atoms. The van der Waals surface area contributed by atoms with E-state index in [4.69, 9.17) is 4.74 Å². The molecule has 72 valence electrons. The molecule has 0 aliphatic rings. The van der Waals surface area contributed by atoms with Crippen molar-refractivity contribution in [1.29, 1.82) is 0 Å². The number of esters is 1. The van der Waals surface area contributed by atoms with Gasteiger partial charge in [-0.1, -0.05) is 32.1 Å². The Morgan fingerprint density at radius 1 is 1.46 bits per heavy atom. The summed E-state index contributed by atoms with van der Waals surface area (Å²) in [7, 11) is -1.33. The van der Waals surface area contributed by atoms with Gasteiger partial charge < -0.3 is 4.74 Å². The first kappa shape index (κ1) is 12.0. The highest BCUT2D eigenvalue weighted by molar-refractivity contribution is 6.83. The molecule has 0 aromatic carbocycles. The monoisotopic (exact) mass is 196 g/mol. The maximum Gasteiger partial charge on any atom is 0.334 e. The Morgan fingerprint density at radius 2 is 2.00 bits per heavy atom. The molecule has 0 rings (SSSR count). The molecule has 2 nitrogen and oxygen atoms in total. The Morgan fingerprint density at radius 3 is 2.38 bits per heavy atom. The maximum atomic E-state index is 10.9. The molecule has 0 saturated carbocycles. The van der Waals surface area contributed by atoms with Crippen LogP contribution in [-0.2, 0) is 9.53 Å². The molecular weight excluding hydrogens is 180 g/mol. The molecule has 0 unspecified atom stereocenters.